The maximum atomic E-state index is 12.5. The highest BCUT2D eigenvalue weighted by Crippen LogP contribution is 2.30. The molecule has 1 aromatic heterocycles. The van der Waals surface area contributed by atoms with E-state index in [1.165, 1.54) is 18.3 Å². The number of carboxylic acid groups (broad SMARTS) is 1. The molecule has 2 unspecified atom stereocenters. The van der Waals surface area contributed by atoms with Crippen LogP contribution in [0.5, 0.6) is 0 Å². The maximum Gasteiger partial charge on any atom is 0.354 e. The number of aromatic nitrogens is 1. The second-order valence-corrected chi connectivity index (χ2v) is 5.14. The van der Waals surface area contributed by atoms with Crippen LogP contribution in [0.15, 0.2) is 18.3 Å². The molecule has 0 radical (unpaired) electrons. The molecule has 1 aromatic rings. The summed E-state index contributed by atoms with van der Waals surface area (Å²) in [5.74, 6) is -1.18. The molecule has 1 N–H and O–H groups in total. The van der Waals surface area contributed by atoms with Crippen LogP contribution < -0.4 is 0 Å². The standard InChI is InChI=1S/C14H16N2O4/c17-13(9-4-5-10(14(18)19)15-8-9)16-6-7-20-12-3-1-2-11(12)16/h4-5,8,11-12H,1-3,6-7H2,(H,18,19). The summed E-state index contributed by atoms with van der Waals surface area (Å²) in [6, 6.07) is 3.04. The molecule has 2 fully saturated rings. The van der Waals surface area contributed by atoms with Crippen LogP contribution in [0.4, 0.5) is 0 Å². The van der Waals surface area contributed by atoms with Crippen molar-refractivity contribution in [3.05, 3.63) is 29.6 Å². The van der Waals surface area contributed by atoms with Gasteiger partial charge in [-0.15, -0.1) is 0 Å². The zero-order valence-corrected chi connectivity index (χ0v) is 11.0. The lowest BCUT2D eigenvalue weighted by atomic mass is 10.1. The van der Waals surface area contributed by atoms with Crippen LogP contribution >= 0.6 is 0 Å². The molecule has 2 aliphatic rings. The zero-order valence-electron chi connectivity index (χ0n) is 11.0. The maximum absolute atomic E-state index is 12.5. The predicted octanol–water partition coefficient (Wildman–Crippen LogP) is 1.17. The van der Waals surface area contributed by atoms with E-state index in [2.05, 4.69) is 4.98 Å². The Morgan fingerprint density at radius 3 is 2.90 bits per heavy atom. The quantitative estimate of drug-likeness (QED) is 0.877. The molecule has 6 nitrogen and oxygen atoms in total. The summed E-state index contributed by atoms with van der Waals surface area (Å²) in [6.07, 6.45) is 4.54. The molecule has 106 valence electrons. The van der Waals surface area contributed by atoms with Gasteiger partial charge in [-0.25, -0.2) is 9.78 Å². The van der Waals surface area contributed by atoms with Gasteiger partial charge < -0.3 is 14.7 Å². The number of fused-ring (bicyclic) bond motifs is 1. The predicted molar refractivity (Wildman–Crippen MR) is 69.6 cm³/mol. The third kappa shape index (κ3) is 2.27. The number of aromatic carboxylic acids is 1. The van der Waals surface area contributed by atoms with E-state index in [0.29, 0.717) is 18.7 Å². The van der Waals surface area contributed by atoms with Crippen molar-refractivity contribution in [3.8, 4) is 0 Å². The van der Waals surface area contributed by atoms with Crippen molar-refractivity contribution in [2.24, 2.45) is 0 Å². The van der Waals surface area contributed by atoms with Gasteiger partial charge in [0.2, 0.25) is 0 Å². The van der Waals surface area contributed by atoms with Crippen molar-refractivity contribution in [2.45, 2.75) is 31.4 Å². The number of carbonyl (C=O) groups excluding carboxylic acids is 1. The highest BCUT2D eigenvalue weighted by molar-refractivity contribution is 5.95. The normalized spacial score (nSPS) is 25.3. The van der Waals surface area contributed by atoms with Crippen molar-refractivity contribution >= 4 is 11.9 Å². The number of ether oxygens (including phenoxy) is 1. The first-order chi connectivity index (χ1) is 9.66. The molecule has 1 saturated heterocycles. The number of carbonyl (C=O) groups is 2. The molecule has 0 aromatic carbocycles. The Labute approximate surface area is 116 Å². The fourth-order valence-electron chi connectivity index (χ4n) is 2.99. The number of rotatable bonds is 2. The lowest BCUT2D eigenvalue weighted by Gasteiger charge is -2.37. The van der Waals surface area contributed by atoms with Gasteiger partial charge >= 0.3 is 5.97 Å². The van der Waals surface area contributed by atoms with E-state index in [0.717, 1.165) is 19.3 Å². The molecular weight excluding hydrogens is 260 g/mol. The molecule has 1 aliphatic heterocycles. The fourth-order valence-corrected chi connectivity index (χ4v) is 2.99. The van der Waals surface area contributed by atoms with Crippen LogP contribution in [0.2, 0.25) is 0 Å². The third-order valence-electron chi connectivity index (χ3n) is 3.97. The monoisotopic (exact) mass is 276 g/mol. The number of hydrogen-bond acceptors (Lipinski definition) is 4. The molecule has 0 spiro atoms. The molecule has 6 heteroatoms. The number of carboxylic acids is 1. The molecule has 0 bridgehead atoms. The number of morpholine rings is 1. The highest BCUT2D eigenvalue weighted by Gasteiger charge is 2.38. The van der Waals surface area contributed by atoms with E-state index in [9.17, 15) is 9.59 Å². The van der Waals surface area contributed by atoms with Crippen molar-refractivity contribution in [1.29, 1.82) is 0 Å². The van der Waals surface area contributed by atoms with Gasteiger partial charge in [-0.3, -0.25) is 4.79 Å². The van der Waals surface area contributed by atoms with Gasteiger partial charge in [-0.2, -0.15) is 0 Å². The van der Waals surface area contributed by atoms with Crippen LogP contribution in [0, 0.1) is 0 Å². The summed E-state index contributed by atoms with van der Waals surface area (Å²) >= 11 is 0. The molecule has 3 rings (SSSR count). The van der Waals surface area contributed by atoms with Crippen LogP contribution in [0.3, 0.4) is 0 Å². The lowest BCUT2D eigenvalue weighted by Crippen LogP contribution is -2.51. The van der Waals surface area contributed by atoms with E-state index in [4.69, 9.17) is 9.84 Å². The topological polar surface area (TPSA) is 79.7 Å². The molecule has 20 heavy (non-hydrogen) atoms. The zero-order chi connectivity index (χ0) is 14.1. The first-order valence-electron chi connectivity index (χ1n) is 6.79. The molecule has 2 heterocycles. The minimum absolute atomic E-state index is 0.0535. The SMILES string of the molecule is O=C(O)c1ccc(C(=O)N2CCOC3CCCC32)cn1. The average Bonchev–Trinajstić information content (AvgIpc) is 2.95. The second kappa shape index (κ2) is 5.20. The van der Waals surface area contributed by atoms with E-state index >= 15 is 0 Å². The molecule has 1 saturated carbocycles. The Morgan fingerprint density at radius 2 is 2.20 bits per heavy atom. The van der Waals surface area contributed by atoms with E-state index in [1.54, 1.807) is 0 Å². The molecule has 1 aliphatic carbocycles. The van der Waals surface area contributed by atoms with Gasteiger partial charge in [0.25, 0.3) is 5.91 Å². The Morgan fingerprint density at radius 1 is 1.35 bits per heavy atom. The average molecular weight is 276 g/mol. The smallest absolute Gasteiger partial charge is 0.354 e. The summed E-state index contributed by atoms with van der Waals surface area (Å²) < 4.78 is 5.68. The van der Waals surface area contributed by atoms with Crippen molar-refractivity contribution in [1.82, 2.24) is 9.88 Å². The van der Waals surface area contributed by atoms with Crippen molar-refractivity contribution in [3.63, 3.8) is 0 Å². The number of pyridine rings is 1. The fraction of sp³-hybridized carbons (Fsp3) is 0.500. The summed E-state index contributed by atoms with van der Waals surface area (Å²) in [5.41, 5.74) is 0.379. The van der Waals surface area contributed by atoms with Gasteiger partial charge in [0, 0.05) is 12.7 Å². The van der Waals surface area contributed by atoms with Crippen molar-refractivity contribution in [2.75, 3.05) is 13.2 Å². The summed E-state index contributed by atoms with van der Waals surface area (Å²) in [4.78, 5) is 28.9. The largest absolute Gasteiger partial charge is 0.477 e. The Balaban J connectivity index is 1.79. The van der Waals surface area contributed by atoms with Crippen LogP contribution in [-0.2, 0) is 4.74 Å². The lowest BCUT2D eigenvalue weighted by molar-refractivity contribution is -0.0445. The van der Waals surface area contributed by atoms with Gasteiger partial charge in [-0.05, 0) is 31.4 Å². The first-order valence-corrected chi connectivity index (χ1v) is 6.79. The first kappa shape index (κ1) is 13.1. The molecular formula is C14H16N2O4. The highest BCUT2D eigenvalue weighted by atomic mass is 16.5. The Hall–Kier alpha value is -1.95. The van der Waals surface area contributed by atoms with Crippen molar-refractivity contribution < 1.29 is 19.4 Å². The van der Waals surface area contributed by atoms with Gasteiger partial charge in [0.05, 0.1) is 24.3 Å². The third-order valence-corrected chi connectivity index (χ3v) is 3.97. The van der Waals surface area contributed by atoms with E-state index in [1.807, 2.05) is 4.90 Å². The van der Waals surface area contributed by atoms with Crippen LogP contribution in [0.25, 0.3) is 0 Å². The number of nitrogens with zero attached hydrogens (tertiary/aromatic N) is 2. The van der Waals surface area contributed by atoms with Crippen LogP contribution in [0.1, 0.15) is 40.1 Å². The van der Waals surface area contributed by atoms with Gasteiger partial charge in [0.1, 0.15) is 5.69 Å². The Bertz CT molecular complexity index is 528. The molecule has 2 atom stereocenters. The molecule has 1 amide bonds. The number of amides is 1. The summed E-state index contributed by atoms with van der Waals surface area (Å²) in [7, 11) is 0. The second-order valence-electron chi connectivity index (χ2n) is 5.14. The van der Waals surface area contributed by atoms with E-state index in [-0.39, 0.29) is 23.7 Å². The summed E-state index contributed by atoms with van der Waals surface area (Å²) in [6.45, 7) is 1.15. The summed E-state index contributed by atoms with van der Waals surface area (Å²) in [5, 5.41) is 8.81. The minimum Gasteiger partial charge on any atom is -0.477 e. The Kier molecular flexibility index (Phi) is 3.40. The number of hydrogen-bond donors (Lipinski definition) is 1. The van der Waals surface area contributed by atoms with Crippen LogP contribution in [-0.4, -0.2) is 52.2 Å². The van der Waals surface area contributed by atoms with Gasteiger partial charge in [0.15, 0.2) is 0 Å². The van der Waals surface area contributed by atoms with E-state index < -0.39 is 5.97 Å². The van der Waals surface area contributed by atoms with Gasteiger partial charge in [-0.1, -0.05) is 0 Å². The minimum atomic E-state index is -1.09.